The number of aromatic carboxylic acids is 1. The Morgan fingerprint density at radius 3 is 3.00 bits per heavy atom. The zero-order chi connectivity index (χ0) is 13.1. The molecule has 1 saturated heterocycles. The highest BCUT2D eigenvalue weighted by atomic mass is 19.1. The second-order valence-electron chi connectivity index (χ2n) is 4.46. The van der Waals surface area contributed by atoms with Crippen LogP contribution >= 0.6 is 0 Å². The van der Waals surface area contributed by atoms with Crippen LogP contribution in [0.4, 0.5) is 4.39 Å². The summed E-state index contributed by atoms with van der Waals surface area (Å²) in [6.45, 7) is 2.98. The minimum absolute atomic E-state index is 0.101. The molecule has 2 unspecified atom stereocenters. The fourth-order valence-electron chi connectivity index (χ4n) is 2.08. The van der Waals surface area contributed by atoms with Crippen LogP contribution in [-0.4, -0.2) is 29.8 Å². The summed E-state index contributed by atoms with van der Waals surface area (Å²) in [6, 6.07) is 4.01. The zero-order valence-corrected chi connectivity index (χ0v) is 10.1. The zero-order valence-electron chi connectivity index (χ0n) is 10.1. The van der Waals surface area contributed by atoms with Gasteiger partial charge in [-0.05, 0) is 31.5 Å². The molecule has 4 nitrogen and oxygen atoms in total. The van der Waals surface area contributed by atoms with Gasteiger partial charge in [0.25, 0.3) is 0 Å². The number of benzene rings is 1. The average Bonchev–Trinajstić information content (AvgIpc) is 2.73. The fraction of sp³-hybridized carbons (Fsp3) is 0.462. The molecule has 1 aromatic carbocycles. The Bertz CT molecular complexity index is 450. The lowest BCUT2D eigenvalue weighted by Crippen LogP contribution is -2.34. The molecule has 1 fully saturated rings. The van der Waals surface area contributed by atoms with Crippen LogP contribution in [0, 0.1) is 5.82 Å². The number of halogens is 1. The van der Waals surface area contributed by atoms with Crippen molar-refractivity contribution >= 4 is 5.97 Å². The van der Waals surface area contributed by atoms with Gasteiger partial charge in [-0.25, -0.2) is 9.18 Å². The molecular formula is C13H16FNO3. The molecule has 2 rings (SSSR count). The summed E-state index contributed by atoms with van der Waals surface area (Å²) in [5, 5.41) is 12.1. The van der Waals surface area contributed by atoms with Gasteiger partial charge in [-0.2, -0.15) is 0 Å². The summed E-state index contributed by atoms with van der Waals surface area (Å²) in [5.74, 6) is -1.44. The van der Waals surface area contributed by atoms with E-state index in [2.05, 4.69) is 5.32 Å². The van der Waals surface area contributed by atoms with Gasteiger partial charge in [-0.15, -0.1) is 0 Å². The predicted octanol–water partition coefficient (Wildman–Crippen LogP) is 1.79. The molecule has 98 valence electrons. The van der Waals surface area contributed by atoms with Crippen molar-refractivity contribution in [3.05, 3.63) is 35.1 Å². The van der Waals surface area contributed by atoms with E-state index in [1.54, 1.807) is 0 Å². The number of carboxylic acids is 1. The topological polar surface area (TPSA) is 58.6 Å². The monoisotopic (exact) mass is 253 g/mol. The maximum atomic E-state index is 13.5. The van der Waals surface area contributed by atoms with E-state index in [-0.39, 0.29) is 23.5 Å². The van der Waals surface area contributed by atoms with Crippen molar-refractivity contribution in [1.82, 2.24) is 5.32 Å². The number of rotatable bonds is 4. The summed E-state index contributed by atoms with van der Waals surface area (Å²) in [4.78, 5) is 10.8. The molecule has 1 aromatic rings. The molecule has 5 heteroatoms. The van der Waals surface area contributed by atoms with E-state index in [1.165, 1.54) is 18.2 Å². The summed E-state index contributed by atoms with van der Waals surface area (Å²) in [5.41, 5.74) is 0.470. The summed E-state index contributed by atoms with van der Waals surface area (Å²) < 4.78 is 18.9. The van der Waals surface area contributed by atoms with E-state index < -0.39 is 5.97 Å². The Balaban J connectivity index is 2.04. The van der Waals surface area contributed by atoms with Gasteiger partial charge in [0.15, 0.2) is 0 Å². The quantitative estimate of drug-likeness (QED) is 0.859. The third-order valence-corrected chi connectivity index (χ3v) is 3.22. The molecule has 1 aliphatic heterocycles. The van der Waals surface area contributed by atoms with Crippen molar-refractivity contribution in [2.45, 2.75) is 32.0 Å². The Kier molecular flexibility index (Phi) is 3.93. The van der Waals surface area contributed by atoms with Gasteiger partial charge < -0.3 is 15.2 Å². The third-order valence-electron chi connectivity index (χ3n) is 3.22. The maximum absolute atomic E-state index is 13.5. The Morgan fingerprint density at radius 2 is 2.39 bits per heavy atom. The second kappa shape index (κ2) is 5.46. The molecule has 0 aromatic heterocycles. The molecule has 0 amide bonds. The van der Waals surface area contributed by atoms with Crippen molar-refractivity contribution in [1.29, 1.82) is 0 Å². The molecular weight excluding hydrogens is 237 g/mol. The first-order valence-electron chi connectivity index (χ1n) is 5.94. The fourth-order valence-corrected chi connectivity index (χ4v) is 2.08. The van der Waals surface area contributed by atoms with Gasteiger partial charge in [0.05, 0.1) is 11.7 Å². The SMILES string of the molecule is CC1OCCC1NCc1cc(C(=O)O)ccc1F. The predicted molar refractivity (Wildman–Crippen MR) is 64.0 cm³/mol. The molecule has 1 aliphatic rings. The molecule has 0 radical (unpaired) electrons. The van der Waals surface area contributed by atoms with Crippen LogP contribution < -0.4 is 5.32 Å². The molecule has 1 heterocycles. The van der Waals surface area contributed by atoms with Crippen LogP contribution in [0.25, 0.3) is 0 Å². The highest BCUT2D eigenvalue weighted by Crippen LogP contribution is 2.15. The molecule has 0 aliphatic carbocycles. The van der Waals surface area contributed by atoms with E-state index in [4.69, 9.17) is 9.84 Å². The first kappa shape index (κ1) is 13.0. The van der Waals surface area contributed by atoms with Crippen molar-refractivity contribution in [3.63, 3.8) is 0 Å². The van der Waals surface area contributed by atoms with E-state index in [1.807, 2.05) is 6.92 Å². The lowest BCUT2D eigenvalue weighted by Gasteiger charge is -2.16. The van der Waals surface area contributed by atoms with Gasteiger partial charge >= 0.3 is 5.97 Å². The normalized spacial score (nSPS) is 23.2. The lowest BCUT2D eigenvalue weighted by atomic mass is 10.1. The van der Waals surface area contributed by atoms with E-state index in [9.17, 15) is 9.18 Å². The molecule has 2 atom stereocenters. The van der Waals surface area contributed by atoms with Crippen molar-refractivity contribution in [3.8, 4) is 0 Å². The number of hydrogen-bond donors (Lipinski definition) is 2. The maximum Gasteiger partial charge on any atom is 0.335 e. The first-order valence-corrected chi connectivity index (χ1v) is 5.94. The largest absolute Gasteiger partial charge is 0.478 e. The van der Waals surface area contributed by atoms with Gasteiger partial charge in [0, 0.05) is 24.8 Å². The number of carbonyl (C=O) groups is 1. The molecule has 0 spiro atoms. The minimum Gasteiger partial charge on any atom is -0.478 e. The Labute approximate surface area is 105 Å². The molecule has 0 bridgehead atoms. The summed E-state index contributed by atoms with van der Waals surface area (Å²) >= 11 is 0. The highest BCUT2D eigenvalue weighted by molar-refractivity contribution is 5.87. The van der Waals surface area contributed by atoms with Gasteiger partial charge in [0.1, 0.15) is 5.82 Å². The summed E-state index contributed by atoms with van der Waals surface area (Å²) in [6.07, 6.45) is 0.997. The first-order chi connectivity index (χ1) is 8.58. The summed E-state index contributed by atoms with van der Waals surface area (Å²) in [7, 11) is 0. The number of carboxylic acid groups (broad SMARTS) is 1. The average molecular weight is 253 g/mol. The van der Waals surface area contributed by atoms with Crippen LogP contribution in [-0.2, 0) is 11.3 Å². The standard InChI is InChI=1S/C13H16FNO3/c1-8-12(4-5-18-8)15-7-10-6-9(13(16)17)2-3-11(10)14/h2-3,6,8,12,15H,4-5,7H2,1H3,(H,16,17). The third kappa shape index (κ3) is 2.86. The van der Waals surface area contributed by atoms with Crippen LogP contribution in [0.3, 0.4) is 0 Å². The Morgan fingerprint density at radius 1 is 1.61 bits per heavy atom. The van der Waals surface area contributed by atoms with Crippen molar-refractivity contribution < 1.29 is 19.0 Å². The van der Waals surface area contributed by atoms with Gasteiger partial charge in [-0.3, -0.25) is 0 Å². The Hall–Kier alpha value is -1.46. The van der Waals surface area contributed by atoms with Gasteiger partial charge in [-0.1, -0.05) is 0 Å². The van der Waals surface area contributed by atoms with Gasteiger partial charge in [0.2, 0.25) is 0 Å². The molecule has 18 heavy (non-hydrogen) atoms. The van der Waals surface area contributed by atoms with E-state index in [0.29, 0.717) is 18.7 Å². The van der Waals surface area contributed by atoms with Crippen molar-refractivity contribution in [2.75, 3.05) is 6.61 Å². The number of hydrogen-bond acceptors (Lipinski definition) is 3. The molecule has 0 saturated carbocycles. The van der Waals surface area contributed by atoms with Crippen LogP contribution in [0.5, 0.6) is 0 Å². The number of ether oxygens (including phenoxy) is 1. The molecule has 2 N–H and O–H groups in total. The van der Waals surface area contributed by atoms with Crippen LogP contribution in [0.2, 0.25) is 0 Å². The lowest BCUT2D eigenvalue weighted by molar-refractivity contribution is 0.0696. The minimum atomic E-state index is -1.05. The second-order valence-corrected chi connectivity index (χ2v) is 4.46. The van der Waals surface area contributed by atoms with E-state index >= 15 is 0 Å². The van der Waals surface area contributed by atoms with E-state index in [0.717, 1.165) is 6.42 Å². The highest BCUT2D eigenvalue weighted by Gasteiger charge is 2.23. The van der Waals surface area contributed by atoms with Crippen molar-refractivity contribution in [2.24, 2.45) is 0 Å². The smallest absolute Gasteiger partial charge is 0.335 e. The van der Waals surface area contributed by atoms with Crippen LogP contribution in [0.15, 0.2) is 18.2 Å². The number of nitrogens with one attached hydrogen (secondary N) is 1. The van der Waals surface area contributed by atoms with Crippen LogP contribution in [0.1, 0.15) is 29.3 Å².